The SMILES string of the molecule is Cc1ccc(CN2CCC(C)(CN)CC2)cc1C. The molecule has 2 heteroatoms. The molecule has 0 bridgehead atoms. The zero-order chi connectivity index (χ0) is 13.2. The first-order chi connectivity index (χ1) is 8.52. The third-order valence-corrected chi connectivity index (χ3v) is 4.53. The van der Waals surface area contributed by atoms with Crippen molar-refractivity contribution in [3.05, 3.63) is 34.9 Å². The zero-order valence-electron chi connectivity index (χ0n) is 12.0. The number of likely N-dealkylation sites (tertiary alicyclic amines) is 1. The van der Waals surface area contributed by atoms with Crippen molar-refractivity contribution in [2.45, 2.75) is 40.2 Å². The van der Waals surface area contributed by atoms with E-state index >= 15 is 0 Å². The fourth-order valence-corrected chi connectivity index (χ4v) is 2.62. The van der Waals surface area contributed by atoms with Crippen molar-refractivity contribution in [3.63, 3.8) is 0 Å². The Morgan fingerprint density at radius 1 is 1.17 bits per heavy atom. The quantitative estimate of drug-likeness (QED) is 0.888. The lowest BCUT2D eigenvalue weighted by Gasteiger charge is -2.38. The van der Waals surface area contributed by atoms with Crippen molar-refractivity contribution in [1.29, 1.82) is 0 Å². The lowest BCUT2D eigenvalue weighted by molar-refractivity contribution is 0.119. The molecule has 1 aliphatic heterocycles. The Kier molecular flexibility index (Phi) is 4.08. The van der Waals surface area contributed by atoms with Gasteiger partial charge in [-0.3, -0.25) is 4.90 Å². The van der Waals surface area contributed by atoms with Crippen molar-refractivity contribution in [2.24, 2.45) is 11.1 Å². The normalized spacial score (nSPS) is 20.0. The summed E-state index contributed by atoms with van der Waals surface area (Å²) in [6.07, 6.45) is 2.46. The molecular weight excluding hydrogens is 220 g/mol. The van der Waals surface area contributed by atoms with Crippen molar-refractivity contribution in [1.82, 2.24) is 4.90 Å². The average molecular weight is 246 g/mol. The Balaban J connectivity index is 1.93. The molecule has 1 fully saturated rings. The molecule has 1 aromatic carbocycles. The highest BCUT2D eigenvalue weighted by Gasteiger charge is 2.28. The molecule has 0 aliphatic carbocycles. The van der Waals surface area contributed by atoms with E-state index in [1.54, 1.807) is 0 Å². The van der Waals surface area contributed by atoms with Crippen LogP contribution in [0, 0.1) is 19.3 Å². The Morgan fingerprint density at radius 2 is 1.83 bits per heavy atom. The van der Waals surface area contributed by atoms with Gasteiger partial charge >= 0.3 is 0 Å². The summed E-state index contributed by atoms with van der Waals surface area (Å²) in [5.74, 6) is 0. The van der Waals surface area contributed by atoms with Gasteiger partial charge in [0.2, 0.25) is 0 Å². The van der Waals surface area contributed by atoms with E-state index in [1.807, 2.05) is 0 Å². The van der Waals surface area contributed by atoms with Gasteiger partial charge in [0.25, 0.3) is 0 Å². The second kappa shape index (κ2) is 5.41. The molecular formula is C16H26N2. The molecule has 18 heavy (non-hydrogen) atoms. The summed E-state index contributed by atoms with van der Waals surface area (Å²) in [6.45, 7) is 11.0. The Labute approximate surface area is 111 Å². The highest BCUT2D eigenvalue weighted by atomic mass is 15.1. The van der Waals surface area contributed by atoms with Crippen LogP contribution in [0.15, 0.2) is 18.2 Å². The van der Waals surface area contributed by atoms with Gasteiger partial charge in [-0.05, 0) is 68.4 Å². The molecule has 1 aromatic rings. The molecule has 0 amide bonds. The molecule has 0 radical (unpaired) electrons. The Morgan fingerprint density at radius 3 is 2.39 bits per heavy atom. The lowest BCUT2D eigenvalue weighted by Crippen LogP contribution is -2.41. The van der Waals surface area contributed by atoms with E-state index in [2.05, 4.69) is 43.9 Å². The van der Waals surface area contributed by atoms with Gasteiger partial charge in [-0.2, -0.15) is 0 Å². The third kappa shape index (κ3) is 3.12. The molecule has 100 valence electrons. The summed E-state index contributed by atoms with van der Waals surface area (Å²) in [7, 11) is 0. The number of hydrogen-bond donors (Lipinski definition) is 1. The van der Waals surface area contributed by atoms with Crippen LogP contribution in [0.4, 0.5) is 0 Å². The van der Waals surface area contributed by atoms with Gasteiger partial charge in [-0.25, -0.2) is 0 Å². The van der Waals surface area contributed by atoms with Gasteiger partial charge in [0.1, 0.15) is 0 Å². The van der Waals surface area contributed by atoms with Gasteiger partial charge in [0.15, 0.2) is 0 Å². The van der Waals surface area contributed by atoms with Crippen molar-refractivity contribution >= 4 is 0 Å². The molecule has 0 aromatic heterocycles. The monoisotopic (exact) mass is 246 g/mol. The summed E-state index contributed by atoms with van der Waals surface area (Å²) in [6, 6.07) is 6.82. The first-order valence-corrected chi connectivity index (χ1v) is 7.01. The summed E-state index contributed by atoms with van der Waals surface area (Å²) >= 11 is 0. The summed E-state index contributed by atoms with van der Waals surface area (Å²) in [4.78, 5) is 2.56. The van der Waals surface area contributed by atoms with Crippen molar-refractivity contribution < 1.29 is 0 Å². The van der Waals surface area contributed by atoms with Crippen LogP contribution in [0.2, 0.25) is 0 Å². The second-order valence-electron chi connectivity index (χ2n) is 6.21. The minimum Gasteiger partial charge on any atom is -0.330 e. The molecule has 2 nitrogen and oxygen atoms in total. The number of nitrogens with zero attached hydrogens (tertiary/aromatic N) is 1. The first-order valence-electron chi connectivity index (χ1n) is 7.01. The van der Waals surface area contributed by atoms with Crippen molar-refractivity contribution in [3.8, 4) is 0 Å². The minimum atomic E-state index is 0.375. The number of rotatable bonds is 3. The van der Waals surface area contributed by atoms with Crippen LogP contribution >= 0.6 is 0 Å². The van der Waals surface area contributed by atoms with Gasteiger partial charge in [0.05, 0.1) is 0 Å². The molecule has 1 heterocycles. The maximum absolute atomic E-state index is 5.85. The van der Waals surface area contributed by atoms with Crippen LogP contribution < -0.4 is 5.73 Å². The summed E-state index contributed by atoms with van der Waals surface area (Å²) in [5.41, 5.74) is 10.4. The second-order valence-corrected chi connectivity index (χ2v) is 6.21. The molecule has 0 atom stereocenters. The summed E-state index contributed by atoms with van der Waals surface area (Å²) in [5, 5.41) is 0. The lowest BCUT2D eigenvalue weighted by atomic mass is 9.80. The summed E-state index contributed by atoms with van der Waals surface area (Å²) < 4.78 is 0. The van der Waals surface area contributed by atoms with Gasteiger partial charge in [-0.15, -0.1) is 0 Å². The van der Waals surface area contributed by atoms with E-state index in [9.17, 15) is 0 Å². The van der Waals surface area contributed by atoms with Crippen LogP contribution in [0.25, 0.3) is 0 Å². The van der Waals surface area contributed by atoms with Gasteiger partial charge in [-0.1, -0.05) is 25.1 Å². The van der Waals surface area contributed by atoms with Crippen LogP contribution in [-0.4, -0.2) is 24.5 Å². The van der Waals surface area contributed by atoms with E-state index in [-0.39, 0.29) is 0 Å². The van der Waals surface area contributed by atoms with E-state index in [0.717, 1.165) is 13.1 Å². The molecule has 0 saturated carbocycles. The molecule has 0 unspecified atom stereocenters. The van der Waals surface area contributed by atoms with Gasteiger partial charge in [0, 0.05) is 6.54 Å². The number of hydrogen-bond acceptors (Lipinski definition) is 2. The predicted molar refractivity (Wildman–Crippen MR) is 77.6 cm³/mol. The van der Waals surface area contributed by atoms with Crippen LogP contribution in [-0.2, 0) is 6.54 Å². The fourth-order valence-electron chi connectivity index (χ4n) is 2.62. The number of benzene rings is 1. The largest absolute Gasteiger partial charge is 0.330 e. The van der Waals surface area contributed by atoms with E-state index in [4.69, 9.17) is 5.73 Å². The highest BCUT2D eigenvalue weighted by Crippen LogP contribution is 2.30. The first kappa shape index (κ1) is 13.6. The Bertz CT molecular complexity index is 404. The topological polar surface area (TPSA) is 29.3 Å². The van der Waals surface area contributed by atoms with E-state index < -0.39 is 0 Å². The van der Waals surface area contributed by atoms with E-state index in [1.165, 1.54) is 42.6 Å². The molecule has 1 aliphatic rings. The zero-order valence-corrected chi connectivity index (χ0v) is 12.0. The van der Waals surface area contributed by atoms with Crippen LogP contribution in [0.1, 0.15) is 36.5 Å². The smallest absolute Gasteiger partial charge is 0.0233 e. The highest BCUT2D eigenvalue weighted by molar-refractivity contribution is 5.29. The molecule has 2 rings (SSSR count). The standard InChI is InChI=1S/C16H26N2/c1-13-4-5-15(10-14(13)2)11-18-8-6-16(3,12-17)7-9-18/h4-5,10H,6-9,11-12,17H2,1-3H3. The minimum absolute atomic E-state index is 0.375. The molecule has 1 saturated heterocycles. The third-order valence-electron chi connectivity index (χ3n) is 4.53. The van der Waals surface area contributed by atoms with Gasteiger partial charge < -0.3 is 5.73 Å². The number of piperidine rings is 1. The van der Waals surface area contributed by atoms with Crippen LogP contribution in [0.5, 0.6) is 0 Å². The maximum atomic E-state index is 5.85. The number of nitrogens with two attached hydrogens (primary N) is 1. The fraction of sp³-hybridized carbons (Fsp3) is 0.625. The van der Waals surface area contributed by atoms with Crippen molar-refractivity contribution in [2.75, 3.05) is 19.6 Å². The molecule has 0 spiro atoms. The van der Waals surface area contributed by atoms with E-state index in [0.29, 0.717) is 5.41 Å². The maximum Gasteiger partial charge on any atom is 0.0233 e. The number of aryl methyl sites for hydroxylation is 2. The van der Waals surface area contributed by atoms with Crippen LogP contribution in [0.3, 0.4) is 0 Å². The molecule has 2 N–H and O–H groups in total. The average Bonchev–Trinajstić information content (AvgIpc) is 2.37. The predicted octanol–water partition coefficient (Wildman–Crippen LogP) is 2.86. The Hall–Kier alpha value is -0.860.